The van der Waals surface area contributed by atoms with E-state index in [9.17, 15) is 4.79 Å². The van der Waals surface area contributed by atoms with Crippen molar-refractivity contribution >= 4 is 23.5 Å². The first-order valence-corrected chi connectivity index (χ1v) is 9.39. The first-order valence-electron chi connectivity index (χ1n) is 8.16. The molecule has 6 nitrogen and oxygen atoms in total. The third-order valence-electron chi connectivity index (χ3n) is 3.73. The van der Waals surface area contributed by atoms with Gasteiger partial charge in [0.1, 0.15) is 16.7 Å². The van der Waals surface area contributed by atoms with Crippen molar-refractivity contribution in [3.63, 3.8) is 0 Å². The van der Waals surface area contributed by atoms with Gasteiger partial charge >= 0.3 is 0 Å². The molecular formula is C18H25N5OS. The molecule has 2 aromatic heterocycles. The zero-order chi connectivity index (χ0) is 18.6. The Morgan fingerprint density at radius 3 is 2.64 bits per heavy atom. The number of aromatic nitrogens is 3. The number of rotatable bonds is 6. The fourth-order valence-corrected chi connectivity index (χ4v) is 2.95. The maximum absolute atomic E-state index is 12.7. The number of carbonyl (C=O) groups is 1. The molecule has 0 aliphatic heterocycles. The highest BCUT2D eigenvalue weighted by Gasteiger charge is 2.19. The summed E-state index contributed by atoms with van der Waals surface area (Å²) in [6.45, 7) is 6.38. The summed E-state index contributed by atoms with van der Waals surface area (Å²) in [6.07, 6.45) is 3.67. The van der Waals surface area contributed by atoms with E-state index in [2.05, 4.69) is 20.3 Å². The van der Waals surface area contributed by atoms with E-state index in [0.717, 1.165) is 22.2 Å². The van der Waals surface area contributed by atoms with Gasteiger partial charge in [-0.1, -0.05) is 13.8 Å². The molecule has 0 bridgehead atoms. The monoisotopic (exact) mass is 359 g/mol. The van der Waals surface area contributed by atoms with Crippen molar-refractivity contribution in [2.75, 3.05) is 25.3 Å². The highest BCUT2D eigenvalue weighted by Crippen LogP contribution is 2.23. The van der Waals surface area contributed by atoms with E-state index in [0.29, 0.717) is 17.8 Å². The number of aryl methyl sites for hydroxylation is 1. The van der Waals surface area contributed by atoms with Gasteiger partial charge in [-0.15, -0.1) is 11.8 Å². The van der Waals surface area contributed by atoms with E-state index >= 15 is 0 Å². The number of nitrogens with zero attached hydrogens (tertiary/aromatic N) is 4. The SMILES string of the molecule is CSc1nc(C(C)C)nc(C)c1C(=O)NCc1ccnc(N(C)C)c1. The lowest BCUT2D eigenvalue weighted by Crippen LogP contribution is -2.26. The first-order chi connectivity index (χ1) is 11.8. The second-order valence-corrected chi connectivity index (χ2v) is 7.10. The molecule has 0 aromatic carbocycles. The molecule has 1 N–H and O–H groups in total. The van der Waals surface area contributed by atoms with Crippen LogP contribution in [0.3, 0.4) is 0 Å². The molecule has 7 heteroatoms. The van der Waals surface area contributed by atoms with Crippen LogP contribution in [0.1, 0.15) is 47.2 Å². The van der Waals surface area contributed by atoms with Gasteiger partial charge in [-0.3, -0.25) is 4.79 Å². The number of carbonyl (C=O) groups excluding carboxylic acids is 1. The second-order valence-electron chi connectivity index (χ2n) is 6.31. The Labute approximate surface area is 153 Å². The van der Waals surface area contributed by atoms with Crippen LogP contribution in [0.2, 0.25) is 0 Å². The van der Waals surface area contributed by atoms with Gasteiger partial charge in [0.05, 0.1) is 11.3 Å². The van der Waals surface area contributed by atoms with Gasteiger partial charge in [-0.05, 0) is 30.9 Å². The summed E-state index contributed by atoms with van der Waals surface area (Å²) in [6, 6.07) is 3.86. The maximum atomic E-state index is 12.7. The smallest absolute Gasteiger partial charge is 0.256 e. The molecule has 0 fully saturated rings. The van der Waals surface area contributed by atoms with Gasteiger partial charge in [-0.2, -0.15) is 0 Å². The zero-order valence-electron chi connectivity index (χ0n) is 15.6. The fourth-order valence-electron chi connectivity index (χ4n) is 2.32. The van der Waals surface area contributed by atoms with E-state index in [1.54, 1.807) is 6.20 Å². The van der Waals surface area contributed by atoms with Crippen molar-refractivity contribution in [2.24, 2.45) is 0 Å². The predicted octanol–water partition coefficient (Wildman–Crippen LogP) is 3.02. The van der Waals surface area contributed by atoms with Crippen LogP contribution in [0.25, 0.3) is 0 Å². The molecule has 0 atom stereocenters. The molecule has 2 rings (SSSR count). The third-order valence-corrected chi connectivity index (χ3v) is 4.41. The summed E-state index contributed by atoms with van der Waals surface area (Å²) < 4.78 is 0. The first kappa shape index (κ1) is 19.2. The van der Waals surface area contributed by atoms with Crippen LogP contribution in [0.5, 0.6) is 0 Å². The second kappa shape index (κ2) is 8.29. The van der Waals surface area contributed by atoms with Gasteiger partial charge in [0, 0.05) is 32.8 Å². The highest BCUT2D eigenvalue weighted by molar-refractivity contribution is 7.98. The molecule has 1 amide bonds. The van der Waals surface area contributed by atoms with Crippen LogP contribution >= 0.6 is 11.8 Å². The lowest BCUT2D eigenvalue weighted by atomic mass is 10.1. The number of nitrogens with one attached hydrogen (secondary N) is 1. The molecule has 0 saturated heterocycles. The molecule has 25 heavy (non-hydrogen) atoms. The van der Waals surface area contributed by atoms with Crippen molar-refractivity contribution in [1.82, 2.24) is 20.3 Å². The summed E-state index contributed by atoms with van der Waals surface area (Å²) in [4.78, 5) is 27.9. The molecular weight excluding hydrogens is 334 g/mol. The summed E-state index contributed by atoms with van der Waals surface area (Å²) >= 11 is 1.47. The van der Waals surface area contributed by atoms with Crippen molar-refractivity contribution in [1.29, 1.82) is 0 Å². The fraction of sp³-hybridized carbons (Fsp3) is 0.444. The summed E-state index contributed by atoms with van der Waals surface area (Å²) in [5, 5.41) is 3.69. The van der Waals surface area contributed by atoms with Gasteiger partial charge in [0.25, 0.3) is 5.91 Å². The van der Waals surface area contributed by atoms with Crippen LogP contribution < -0.4 is 10.2 Å². The highest BCUT2D eigenvalue weighted by atomic mass is 32.2. The summed E-state index contributed by atoms with van der Waals surface area (Å²) in [5.74, 6) is 1.70. The Hall–Kier alpha value is -2.15. The van der Waals surface area contributed by atoms with Gasteiger partial charge < -0.3 is 10.2 Å². The van der Waals surface area contributed by atoms with Crippen molar-refractivity contribution in [3.8, 4) is 0 Å². The molecule has 0 unspecified atom stereocenters. The average Bonchev–Trinajstić information content (AvgIpc) is 2.58. The van der Waals surface area contributed by atoms with Gasteiger partial charge in [-0.25, -0.2) is 15.0 Å². The summed E-state index contributed by atoms with van der Waals surface area (Å²) in [5.41, 5.74) is 2.26. The Balaban J connectivity index is 2.19. The normalized spacial score (nSPS) is 10.8. The lowest BCUT2D eigenvalue weighted by Gasteiger charge is -2.14. The maximum Gasteiger partial charge on any atom is 0.256 e. The van der Waals surface area contributed by atoms with Crippen LogP contribution in [-0.4, -0.2) is 41.2 Å². The Morgan fingerprint density at radius 2 is 2.04 bits per heavy atom. The molecule has 134 valence electrons. The molecule has 0 radical (unpaired) electrons. The number of pyridine rings is 1. The van der Waals surface area contributed by atoms with Crippen molar-refractivity contribution < 1.29 is 4.79 Å². The minimum Gasteiger partial charge on any atom is -0.363 e. The third kappa shape index (κ3) is 4.69. The number of amides is 1. The van der Waals surface area contributed by atoms with Crippen LogP contribution in [0.4, 0.5) is 5.82 Å². The van der Waals surface area contributed by atoms with Gasteiger partial charge in [0.2, 0.25) is 0 Å². The molecule has 0 aliphatic carbocycles. The van der Waals surface area contributed by atoms with E-state index in [4.69, 9.17) is 0 Å². The van der Waals surface area contributed by atoms with E-state index in [1.807, 2.05) is 58.2 Å². The number of anilines is 1. The van der Waals surface area contributed by atoms with Crippen LogP contribution in [-0.2, 0) is 6.54 Å². The lowest BCUT2D eigenvalue weighted by molar-refractivity contribution is 0.0946. The average molecular weight is 359 g/mol. The zero-order valence-corrected chi connectivity index (χ0v) is 16.4. The Kier molecular flexibility index (Phi) is 6.36. The largest absolute Gasteiger partial charge is 0.363 e. The topological polar surface area (TPSA) is 71.0 Å². The van der Waals surface area contributed by atoms with Crippen LogP contribution in [0, 0.1) is 6.92 Å². The molecule has 2 heterocycles. The van der Waals surface area contributed by atoms with Crippen LogP contribution in [0.15, 0.2) is 23.4 Å². The quantitative estimate of drug-likeness (QED) is 0.631. The Morgan fingerprint density at radius 1 is 1.32 bits per heavy atom. The molecule has 2 aromatic rings. The van der Waals surface area contributed by atoms with E-state index in [1.165, 1.54) is 11.8 Å². The molecule has 0 saturated carbocycles. The number of hydrogen-bond donors (Lipinski definition) is 1. The minimum atomic E-state index is -0.152. The van der Waals surface area contributed by atoms with Crippen molar-refractivity contribution in [2.45, 2.75) is 38.3 Å². The van der Waals surface area contributed by atoms with E-state index in [-0.39, 0.29) is 11.8 Å². The predicted molar refractivity (Wildman–Crippen MR) is 102 cm³/mol. The molecule has 0 aliphatic rings. The van der Waals surface area contributed by atoms with Crippen molar-refractivity contribution in [3.05, 3.63) is 41.0 Å². The Bertz CT molecular complexity index is 761. The van der Waals surface area contributed by atoms with E-state index < -0.39 is 0 Å². The van der Waals surface area contributed by atoms with Gasteiger partial charge in [0.15, 0.2) is 0 Å². The standard InChI is InChI=1S/C18H25N5OS/c1-11(2)16-21-12(3)15(18(22-16)25-6)17(24)20-10-13-7-8-19-14(9-13)23(4)5/h7-9,11H,10H2,1-6H3,(H,20,24). The summed E-state index contributed by atoms with van der Waals surface area (Å²) in [7, 11) is 3.87. The molecule has 0 spiro atoms. The number of hydrogen-bond acceptors (Lipinski definition) is 6. The minimum absolute atomic E-state index is 0.152. The number of thioether (sulfide) groups is 1.